The van der Waals surface area contributed by atoms with Crippen LogP contribution in [0.25, 0.3) is 0 Å². The Bertz CT molecular complexity index is 1930. The van der Waals surface area contributed by atoms with E-state index in [-0.39, 0.29) is 28.3 Å². The molecule has 0 bridgehead atoms. The number of hydrogen-bond donors (Lipinski definition) is 5. The van der Waals surface area contributed by atoms with Gasteiger partial charge in [0.25, 0.3) is 5.91 Å². The molecule has 2 heterocycles. The van der Waals surface area contributed by atoms with Crippen LogP contribution >= 0.6 is 23.2 Å². The molecule has 4 aromatic rings. The third kappa shape index (κ3) is 10.4. The van der Waals surface area contributed by atoms with Crippen molar-refractivity contribution in [3.63, 3.8) is 0 Å². The maximum Gasteiger partial charge on any atom is 0.422 e. The van der Waals surface area contributed by atoms with Crippen LogP contribution in [-0.4, -0.2) is 76.1 Å². The van der Waals surface area contributed by atoms with Gasteiger partial charge in [-0.25, -0.2) is 9.78 Å². The van der Waals surface area contributed by atoms with Crippen molar-refractivity contribution in [1.82, 2.24) is 30.6 Å². The summed E-state index contributed by atoms with van der Waals surface area (Å²) < 4.78 is 48.3. The molecule has 20 heteroatoms. The van der Waals surface area contributed by atoms with Crippen molar-refractivity contribution in [3.05, 3.63) is 88.2 Å². The number of anilines is 4. The molecule has 1 aliphatic rings. The summed E-state index contributed by atoms with van der Waals surface area (Å²) in [7, 11) is 1.08. The summed E-state index contributed by atoms with van der Waals surface area (Å²) in [6.45, 7) is -2.12. The van der Waals surface area contributed by atoms with E-state index in [4.69, 9.17) is 32.7 Å². The lowest BCUT2D eigenvalue weighted by molar-refractivity contribution is -0.154. The Morgan fingerprint density at radius 3 is 2.17 bits per heavy atom. The predicted molar refractivity (Wildman–Crippen MR) is 181 cm³/mol. The standard InChI is InChI=1S/C32H28Cl2F3N9O6/c1-51-27(50)22(15-39-25(48)26(49)40-21-10-11-23(34)38-14-21)42-24(47)17-2-8-20(9-3-17)41-28-43-29(45-30(44-28)52-16-32(35,36)37)46-31(12-13-31)18-4-6-19(33)7-5-18/h2-11,14,22H,12-13,15-16H2,1H3,(H,39,48)(H,40,49)(H,42,47)(H2,41,43,44,45,46)/t22-/m0/s1. The average molecular weight is 763 g/mol. The Morgan fingerprint density at radius 2 is 1.56 bits per heavy atom. The fraction of sp³-hybridized carbons (Fsp3) is 0.250. The Kier molecular flexibility index (Phi) is 11.6. The minimum Gasteiger partial charge on any atom is -0.467 e. The summed E-state index contributed by atoms with van der Waals surface area (Å²) in [6, 6.07) is 13.6. The highest BCUT2D eigenvalue weighted by Crippen LogP contribution is 2.48. The van der Waals surface area contributed by atoms with Gasteiger partial charge in [0.2, 0.25) is 11.9 Å². The smallest absolute Gasteiger partial charge is 0.422 e. The summed E-state index contributed by atoms with van der Waals surface area (Å²) in [4.78, 5) is 66.0. The van der Waals surface area contributed by atoms with E-state index in [0.29, 0.717) is 23.6 Å². The number of aromatic nitrogens is 4. The van der Waals surface area contributed by atoms with E-state index in [2.05, 4.69) is 46.5 Å². The minimum atomic E-state index is -4.64. The molecule has 1 aliphatic carbocycles. The molecule has 1 fully saturated rings. The number of pyridine rings is 1. The molecule has 5 N–H and O–H groups in total. The predicted octanol–water partition coefficient (Wildman–Crippen LogP) is 4.39. The first kappa shape index (κ1) is 37.5. The average Bonchev–Trinajstić information content (AvgIpc) is 3.90. The maximum atomic E-state index is 13.0. The zero-order valence-electron chi connectivity index (χ0n) is 26.9. The van der Waals surface area contributed by atoms with E-state index in [0.717, 1.165) is 12.7 Å². The molecule has 272 valence electrons. The van der Waals surface area contributed by atoms with E-state index in [1.54, 1.807) is 12.1 Å². The molecule has 0 aliphatic heterocycles. The Hall–Kier alpha value is -5.75. The van der Waals surface area contributed by atoms with Crippen LogP contribution in [-0.2, 0) is 24.7 Å². The molecule has 2 aromatic heterocycles. The van der Waals surface area contributed by atoms with E-state index < -0.39 is 60.6 Å². The zero-order chi connectivity index (χ0) is 37.5. The fourth-order valence-electron chi connectivity index (χ4n) is 4.60. The number of nitrogens with one attached hydrogen (secondary N) is 5. The number of rotatable bonds is 13. The molecular weight excluding hydrogens is 734 g/mol. The summed E-state index contributed by atoms with van der Waals surface area (Å²) in [5.41, 5.74) is 0.917. The van der Waals surface area contributed by atoms with E-state index in [1.165, 1.54) is 42.6 Å². The summed E-state index contributed by atoms with van der Waals surface area (Å²) >= 11 is 11.7. The summed E-state index contributed by atoms with van der Waals surface area (Å²) in [6.07, 6.45) is -2.01. The van der Waals surface area contributed by atoms with Gasteiger partial charge in [0.15, 0.2) is 6.61 Å². The SMILES string of the molecule is COC(=O)[C@H](CNC(=O)C(=O)Nc1ccc(Cl)nc1)NC(=O)c1ccc(Nc2nc(NC3(c4ccc(Cl)cc4)CC3)nc(OCC(F)(F)F)n2)cc1. The van der Waals surface area contributed by atoms with Gasteiger partial charge in [-0.15, -0.1) is 0 Å². The van der Waals surface area contributed by atoms with Gasteiger partial charge in [-0.3, -0.25) is 14.4 Å². The van der Waals surface area contributed by atoms with E-state index >= 15 is 0 Å². The van der Waals surface area contributed by atoms with Crippen LogP contribution in [0.4, 0.5) is 36.4 Å². The van der Waals surface area contributed by atoms with Gasteiger partial charge in [0.1, 0.15) is 11.2 Å². The van der Waals surface area contributed by atoms with Crippen molar-refractivity contribution in [1.29, 1.82) is 0 Å². The van der Waals surface area contributed by atoms with Crippen LogP contribution in [0.5, 0.6) is 6.01 Å². The largest absolute Gasteiger partial charge is 0.467 e. The number of hydrogen-bond acceptors (Lipinski definition) is 12. The summed E-state index contributed by atoms with van der Waals surface area (Å²) in [5, 5.41) is 13.7. The summed E-state index contributed by atoms with van der Waals surface area (Å²) in [5.74, 6) is -4.00. The van der Waals surface area contributed by atoms with Crippen molar-refractivity contribution in [2.24, 2.45) is 0 Å². The quantitative estimate of drug-likeness (QED) is 0.0733. The first-order chi connectivity index (χ1) is 24.7. The zero-order valence-corrected chi connectivity index (χ0v) is 28.4. The van der Waals surface area contributed by atoms with Gasteiger partial charge < -0.3 is 36.1 Å². The number of benzene rings is 2. The highest BCUT2D eigenvalue weighted by molar-refractivity contribution is 6.39. The van der Waals surface area contributed by atoms with Gasteiger partial charge in [-0.2, -0.15) is 28.1 Å². The number of amides is 3. The number of methoxy groups -OCH3 is 1. The molecule has 0 spiro atoms. The third-order valence-corrected chi connectivity index (χ3v) is 7.81. The second-order valence-electron chi connectivity index (χ2n) is 11.2. The number of halogens is 5. The van der Waals surface area contributed by atoms with Crippen LogP contribution in [0, 0.1) is 0 Å². The van der Waals surface area contributed by atoms with Crippen molar-refractivity contribution < 1.29 is 41.8 Å². The van der Waals surface area contributed by atoms with Crippen LogP contribution in [0.15, 0.2) is 66.9 Å². The van der Waals surface area contributed by atoms with Gasteiger partial charge in [-0.05, 0) is 66.9 Å². The molecule has 52 heavy (non-hydrogen) atoms. The molecule has 0 radical (unpaired) electrons. The van der Waals surface area contributed by atoms with Crippen LogP contribution in [0.2, 0.25) is 10.2 Å². The molecule has 0 unspecified atom stereocenters. The maximum absolute atomic E-state index is 13.0. The molecule has 2 aromatic carbocycles. The lowest BCUT2D eigenvalue weighted by Crippen LogP contribution is -2.50. The highest BCUT2D eigenvalue weighted by Gasteiger charge is 2.45. The number of nitrogens with zero attached hydrogens (tertiary/aromatic N) is 4. The molecule has 1 saturated carbocycles. The van der Waals surface area contributed by atoms with Crippen LogP contribution in [0.1, 0.15) is 28.8 Å². The van der Waals surface area contributed by atoms with Gasteiger partial charge >= 0.3 is 30.0 Å². The van der Waals surface area contributed by atoms with Crippen LogP contribution < -0.4 is 31.3 Å². The molecule has 0 saturated heterocycles. The van der Waals surface area contributed by atoms with Crippen molar-refractivity contribution in [2.45, 2.75) is 30.6 Å². The van der Waals surface area contributed by atoms with Crippen molar-refractivity contribution in [3.8, 4) is 6.01 Å². The third-order valence-electron chi connectivity index (χ3n) is 7.33. The number of carbonyl (C=O) groups excluding carboxylic acids is 4. The lowest BCUT2D eigenvalue weighted by Gasteiger charge is -2.19. The monoisotopic (exact) mass is 761 g/mol. The van der Waals surface area contributed by atoms with Gasteiger partial charge in [0, 0.05) is 22.8 Å². The highest BCUT2D eigenvalue weighted by atomic mass is 35.5. The number of ether oxygens (including phenoxy) is 2. The molecule has 5 rings (SSSR count). The van der Waals surface area contributed by atoms with Gasteiger partial charge in [0.05, 0.1) is 24.5 Å². The van der Waals surface area contributed by atoms with Gasteiger partial charge in [-0.1, -0.05) is 35.3 Å². The Balaban J connectivity index is 1.23. The first-order valence-corrected chi connectivity index (χ1v) is 15.9. The van der Waals surface area contributed by atoms with Crippen molar-refractivity contribution >= 4 is 70.2 Å². The molecular formula is C32H28Cl2F3N9O6. The Morgan fingerprint density at radius 1 is 0.885 bits per heavy atom. The normalized spacial score (nSPS) is 13.6. The molecule has 15 nitrogen and oxygen atoms in total. The van der Waals surface area contributed by atoms with Crippen molar-refractivity contribution in [2.75, 3.05) is 36.2 Å². The van der Waals surface area contributed by atoms with E-state index in [9.17, 15) is 32.3 Å². The fourth-order valence-corrected chi connectivity index (χ4v) is 4.83. The number of carbonyl (C=O) groups is 4. The van der Waals surface area contributed by atoms with E-state index in [1.807, 2.05) is 12.1 Å². The number of alkyl halides is 3. The first-order valence-electron chi connectivity index (χ1n) is 15.2. The molecule has 3 amide bonds. The Labute approximate surface area is 303 Å². The number of esters is 1. The topological polar surface area (TPSA) is 198 Å². The lowest BCUT2D eigenvalue weighted by atomic mass is 10.1. The van der Waals surface area contributed by atoms with Crippen LogP contribution in [0.3, 0.4) is 0 Å². The second-order valence-corrected chi connectivity index (χ2v) is 12.0. The second kappa shape index (κ2) is 16.1. The molecule has 1 atom stereocenters. The minimum absolute atomic E-state index is 0.0430.